The third-order valence-corrected chi connectivity index (χ3v) is 9.65. The Labute approximate surface area is 282 Å². The number of hydrogen-bond acceptors (Lipinski definition) is 4. The number of aliphatic carboxylic acids is 1. The van der Waals surface area contributed by atoms with Gasteiger partial charge in [-0.15, -0.1) is 0 Å². The average Bonchev–Trinajstić information content (AvgIpc) is 3.63. The van der Waals surface area contributed by atoms with E-state index >= 15 is 0 Å². The van der Waals surface area contributed by atoms with Gasteiger partial charge in [-0.05, 0) is 82.3 Å². The molecule has 4 aromatic rings. The number of fused-ring (bicyclic) bond motifs is 1. The van der Waals surface area contributed by atoms with Gasteiger partial charge in [-0.3, -0.25) is 14.4 Å². The summed E-state index contributed by atoms with van der Waals surface area (Å²) in [5.74, 6) is -0.286. The van der Waals surface area contributed by atoms with Crippen LogP contribution < -0.4 is 10.1 Å². The number of benzene rings is 4. The van der Waals surface area contributed by atoms with E-state index in [9.17, 15) is 19.5 Å². The molecule has 0 saturated heterocycles. The van der Waals surface area contributed by atoms with Crippen molar-refractivity contribution in [1.29, 1.82) is 0 Å². The van der Waals surface area contributed by atoms with E-state index in [1.807, 2.05) is 84.9 Å². The fourth-order valence-electron chi connectivity index (χ4n) is 6.96. The molecule has 0 radical (unpaired) electrons. The van der Waals surface area contributed by atoms with E-state index in [2.05, 4.69) is 38.2 Å². The Bertz CT molecular complexity index is 1750. The molecule has 2 atom stereocenters. The first-order valence-corrected chi connectivity index (χ1v) is 17.0. The Balaban J connectivity index is 1.31. The highest BCUT2D eigenvalue weighted by Gasteiger charge is 2.40. The van der Waals surface area contributed by atoms with Gasteiger partial charge in [0.15, 0.2) is 0 Å². The van der Waals surface area contributed by atoms with Crippen LogP contribution in [-0.2, 0) is 26.2 Å². The zero-order valence-corrected chi connectivity index (χ0v) is 27.9. The lowest BCUT2D eigenvalue weighted by Gasteiger charge is -2.38. The molecule has 7 heteroatoms. The van der Waals surface area contributed by atoms with E-state index in [0.29, 0.717) is 35.6 Å². The number of amides is 2. The van der Waals surface area contributed by atoms with Crippen LogP contribution in [0.1, 0.15) is 87.2 Å². The summed E-state index contributed by atoms with van der Waals surface area (Å²) in [6.45, 7) is 6.91. The topological polar surface area (TPSA) is 95.9 Å². The second-order valence-electron chi connectivity index (χ2n) is 14.0. The van der Waals surface area contributed by atoms with Crippen LogP contribution in [0.2, 0.25) is 0 Å². The molecule has 2 unspecified atom stereocenters. The number of nitrogens with one attached hydrogen (secondary N) is 1. The van der Waals surface area contributed by atoms with Gasteiger partial charge >= 0.3 is 5.97 Å². The summed E-state index contributed by atoms with van der Waals surface area (Å²) in [7, 11) is 0. The van der Waals surface area contributed by atoms with Crippen molar-refractivity contribution in [2.24, 2.45) is 5.92 Å². The Morgan fingerprint density at radius 1 is 0.854 bits per heavy atom. The van der Waals surface area contributed by atoms with Gasteiger partial charge in [0.1, 0.15) is 17.5 Å². The number of carboxylic acids is 1. The lowest BCUT2D eigenvalue weighted by atomic mass is 9.87. The molecule has 4 aromatic carbocycles. The van der Waals surface area contributed by atoms with Crippen LogP contribution in [0.4, 0.5) is 0 Å². The first-order chi connectivity index (χ1) is 23.1. The zero-order valence-electron chi connectivity index (χ0n) is 27.9. The SMILES string of the molecule is CC(C)(C)c1ccc(Oc2ccc3c(c2)C(C(=O)NC(CC(=O)O)c2ccc(-c4ccccc4)cc2)N(C(=O)C2CCCC2)CC3)cc1. The monoisotopic (exact) mass is 644 g/mol. The van der Waals surface area contributed by atoms with Gasteiger partial charge in [-0.2, -0.15) is 0 Å². The minimum absolute atomic E-state index is 0.00982. The normalized spacial score (nSPS) is 17.0. The summed E-state index contributed by atoms with van der Waals surface area (Å²) >= 11 is 0. The number of carboxylic acid groups (broad SMARTS) is 1. The van der Waals surface area contributed by atoms with Crippen LogP contribution in [0.25, 0.3) is 11.1 Å². The Hall–Kier alpha value is -4.91. The van der Waals surface area contributed by atoms with E-state index in [1.54, 1.807) is 4.90 Å². The molecule has 0 aromatic heterocycles. The number of rotatable bonds is 9. The highest BCUT2D eigenvalue weighted by Crippen LogP contribution is 2.38. The van der Waals surface area contributed by atoms with E-state index in [-0.39, 0.29) is 23.7 Å². The predicted octanol–water partition coefficient (Wildman–Crippen LogP) is 8.39. The van der Waals surface area contributed by atoms with Crippen LogP contribution in [0, 0.1) is 5.92 Å². The fraction of sp³-hybridized carbons (Fsp3) is 0.341. The van der Waals surface area contributed by atoms with Crippen molar-refractivity contribution < 1.29 is 24.2 Å². The van der Waals surface area contributed by atoms with Crippen LogP contribution in [0.15, 0.2) is 97.1 Å². The van der Waals surface area contributed by atoms with Crippen molar-refractivity contribution in [2.45, 2.75) is 76.8 Å². The van der Waals surface area contributed by atoms with Crippen molar-refractivity contribution in [3.8, 4) is 22.6 Å². The van der Waals surface area contributed by atoms with Crippen molar-refractivity contribution in [1.82, 2.24) is 10.2 Å². The molecule has 7 nitrogen and oxygen atoms in total. The number of hydrogen-bond donors (Lipinski definition) is 2. The minimum atomic E-state index is -1.02. The molecule has 48 heavy (non-hydrogen) atoms. The largest absolute Gasteiger partial charge is 0.481 e. The van der Waals surface area contributed by atoms with Crippen molar-refractivity contribution in [3.63, 3.8) is 0 Å². The molecule has 2 N–H and O–H groups in total. The predicted molar refractivity (Wildman–Crippen MR) is 187 cm³/mol. The molecule has 0 bridgehead atoms. The first-order valence-electron chi connectivity index (χ1n) is 17.0. The van der Waals surface area contributed by atoms with E-state index in [1.165, 1.54) is 5.56 Å². The maximum Gasteiger partial charge on any atom is 0.305 e. The lowest BCUT2D eigenvalue weighted by molar-refractivity contribution is -0.145. The van der Waals surface area contributed by atoms with E-state index in [0.717, 1.165) is 42.4 Å². The molecule has 0 spiro atoms. The van der Waals surface area contributed by atoms with E-state index < -0.39 is 24.0 Å². The van der Waals surface area contributed by atoms with Crippen LogP contribution in [0.3, 0.4) is 0 Å². The molecule has 1 aliphatic heterocycles. The second-order valence-corrected chi connectivity index (χ2v) is 14.0. The quantitative estimate of drug-likeness (QED) is 0.191. The summed E-state index contributed by atoms with van der Waals surface area (Å²) in [6, 6.07) is 29.6. The smallest absolute Gasteiger partial charge is 0.305 e. The first kappa shape index (κ1) is 33.0. The van der Waals surface area contributed by atoms with Gasteiger partial charge in [-0.25, -0.2) is 0 Å². The number of carbonyl (C=O) groups excluding carboxylic acids is 2. The summed E-state index contributed by atoms with van der Waals surface area (Å²) in [4.78, 5) is 42.1. The summed E-state index contributed by atoms with van der Waals surface area (Å²) < 4.78 is 6.27. The molecule has 1 aliphatic carbocycles. The van der Waals surface area contributed by atoms with Gasteiger partial charge in [0.2, 0.25) is 11.8 Å². The van der Waals surface area contributed by atoms with Gasteiger partial charge < -0.3 is 20.1 Å². The highest BCUT2D eigenvalue weighted by atomic mass is 16.5. The molecule has 1 heterocycles. The van der Waals surface area contributed by atoms with Gasteiger partial charge in [-0.1, -0.05) is 106 Å². The molecular formula is C41H44N2O5. The fourth-order valence-corrected chi connectivity index (χ4v) is 6.96. The van der Waals surface area contributed by atoms with Crippen molar-refractivity contribution >= 4 is 17.8 Å². The van der Waals surface area contributed by atoms with Crippen LogP contribution >= 0.6 is 0 Å². The van der Waals surface area contributed by atoms with Gasteiger partial charge in [0.25, 0.3) is 0 Å². The second kappa shape index (κ2) is 14.1. The van der Waals surface area contributed by atoms with Crippen molar-refractivity contribution in [3.05, 3.63) is 119 Å². The highest BCUT2D eigenvalue weighted by molar-refractivity contribution is 5.91. The minimum Gasteiger partial charge on any atom is -0.481 e. The molecular weight excluding hydrogens is 600 g/mol. The maximum absolute atomic E-state index is 14.4. The third kappa shape index (κ3) is 7.46. The Morgan fingerprint density at radius 2 is 1.50 bits per heavy atom. The van der Waals surface area contributed by atoms with Crippen molar-refractivity contribution in [2.75, 3.05) is 6.54 Å². The molecule has 248 valence electrons. The summed E-state index contributed by atoms with van der Waals surface area (Å²) in [5, 5.41) is 12.9. The third-order valence-electron chi connectivity index (χ3n) is 9.65. The molecule has 2 aliphatic rings. The van der Waals surface area contributed by atoms with E-state index in [4.69, 9.17) is 4.74 Å². The average molecular weight is 645 g/mol. The standard InChI is InChI=1S/C41H44N2O5/c1-41(2,3)32-18-21-33(22-19-32)48-34-20-17-29-23-24-43(40(47)31-11-7-8-12-31)38(35(29)25-34)39(46)42-36(26-37(44)45)30-15-13-28(14-16-30)27-9-5-4-6-10-27/h4-6,9-10,13-22,25,31,36,38H,7-8,11-12,23-24,26H2,1-3H3,(H,42,46)(H,44,45). The van der Waals surface area contributed by atoms with Gasteiger partial charge in [0, 0.05) is 12.5 Å². The number of nitrogens with zero attached hydrogens (tertiary/aromatic N) is 1. The van der Waals surface area contributed by atoms with Crippen LogP contribution in [-0.4, -0.2) is 34.3 Å². The zero-order chi connectivity index (χ0) is 33.8. The Morgan fingerprint density at radius 3 is 2.15 bits per heavy atom. The summed E-state index contributed by atoms with van der Waals surface area (Å²) in [5.41, 5.74) is 5.63. The molecule has 2 amide bonds. The molecule has 1 fully saturated rings. The molecule has 1 saturated carbocycles. The molecule has 6 rings (SSSR count). The number of ether oxygens (including phenoxy) is 1. The number of carbonyl (C=O) groups is 3. The van der Waals surface area contributed by atoms with Gasteiger partial charge in [0.05, 0.1) is 12.5 Å². The maximum atomic E-state index is 14.4. The lowest BCUT2D eigenvalue weighted by Crippen LogP contribution is -2.49. The summed E-state index contributed by atoms with van der Waals surface area (Å²) in [6.07, 6.45) is 3.98. The Kier molecular flexibility index (Phi) is 9.67. The van der Waals surface area contributed by atoms with Crippen LogP contribution in [0.5, 0.6) is 11.5 Å².